The van der Waals surface area contributed by atoms with Gasteiger partial charge < -0.3 is 10.4 Å². The Kier molecular flexibility index (Phi) is 6.68. The molecule has 1 aliphatic carbocycles. The van der Waals surface area contributed by atoms with Crippen LogP contribution in [-0.2, 0) is 9.59 Å². The average molecular weight is 259 g/mol. The Morgan fingerprint density at radius 3 is 2.50 bits per heavy atom. The molecule has 0 aliphatic heterocycles. The van der Waals surface area contributed by atoms with E-state index in [1.807, 2.05) is 0 Å². The van der Waals surface area contributed by atoms with Crippen molar-refractivity contribution in [1.82, 2.24) is 5.32 Å². The monoisotopic (exact) mass is 259 g/mol. The zero-order chi connectivity index (χ0) is 13.4. The fraction of sp³-hybridized carbons (Fsp3) is 0.846. The van der Waals surface area contributed by atoms with Crippen LogP contribution in [0.4, 0.5) is 4.39 Å². The molecule has 0 saturated heterocycles. The lowest BCUT2D eigenvalue weighted by Crippen LogP contribution is -2.41. The van der Waals surface area contributed by atoms with Gasteiger partial charge in [-0.15, -0.1) is 0 Å². The van der Waals surface area contributed by atoms with Crippen LogP contribution in [0.2, 0.25) is 0 Å². The number of unbranched alkanes of at least 4 members (excludes halogenated alkanes) is 1. The summed E-state index contributed by atoms with van der Waals surface area (Å²) >= 11 is 0. The van der Waals surface area contributed by atoms with Gasteiger partial charge in [0, 0.05) is 6.42 Å². The molecule has 1 rings (SSSR count). The topological polar surface area (TPSA) is 66.4 Å². The smallest absolute Gasteiger partial charge is 0.326 e. The van der Waals surface area contributed by atoms with Gasteiger partial charge in [-0.2, -0.15) is 0 Å². The number of carbonyl (C=O) groups excluding carboxylic acids is 1. The van der Waals surface area contributed by atoms with E-state index < -0.39 is 18.7 Å². The molecule has 18 heavy (non-hydrogen) atoms. The lowest BCUT2D eigenvalue weighted by Gasteiger charge is -2.15. The minimum atomic E-state index is -1.03. The summed E-state index contributed by atoms with van der Waals surface area (Å²) in [6.45, 7) is -0.442. The lowest BCUT2D eigenvalue weighted by molar-refractivity contribution is -0.142. The largest absolute Gasteiger partial charge is 0.480 e. The van der Waals surface area contributed by atoms with Crippen LogP contribution in [0.1, 0.15) is 51.4 Å². The molecule has 0 unspecified atom stereocenters. The summed E-state index contributed by atoms with van der Waals surface area (Å²) in [6.07, 6.45) is 6.01. The van der Waals surface area contributed by atoms with E-state index in [0.29, 0.717) is 31.6 Å². The zero-order valence-electron chi connectivity index (χ0n) is 10.7. The maximum Gasteiger partial charge on any atom is 0.326 e. The Bertz CT molecular complexity index is 277. The average Bonchev–Trinajstić information content (AvgIpc) is 2.80. The number of aliphatic carboxylic acids is 1. The number of hydrogen-bond acceptors (Lipinski definition) is 2. The number of rotatable bonds is 8. The van der Waals surface area contributed by atoms with Crippen molar-refractivity contribution in [3.63, 3.8) is 0 Å². The first-order valence-corrected chi connectivity index (χ1v) is 6.71. The summed E-state index contributed by atoms with van der Waals surface area (Å²) < 4.78 is 11.9. The number of halogens is 1. The van der Waals surface area contributed by atoms with E-state index in [1.165, 1.54) is 0 Å². The number of nitrogens with one attached hydrogen (secondary N) is 1. The maximum absolute atomic E-state index is 11.9. The Hall–Kier alpha value is -1.13. The summed E-state index contributed by atoms with van der Waals surface area (Å²) in [4.78, 5) is 22.7. The number of carboxylic acid groups (broad SMARTS) is 1. The molecule has 0 aromatic carbocycles. The van der Waals surface area contributed by atoms with Crippen molar-refractivity contribution >= 4 is 11.9 Å². The molecular weight excluding hydrogens is 237 g/mol. The number of carboxylic acids is 1. The number of amides is 1. The van der Waals surface area contributed by atoms with E-state index in [-0.39, 0.29) is 5.91 Å². The molecule has 2 N–H and O–H groups in total. The molecule has 0 aromatic rings. The predicted octanol–water partition coefficient (Wildman–Crippen LogP) is 2.28. The zero-order valence-corrected chi connectivity index (χ0v) is 10.7. The molecule has 0 radical (unpaired) electrons. The van der Waals surface area contributed by atoms with Crippen LogP contribution in [0.15, 0.2) is 0 Å². The molecule has 1 amide bonds. The second kappa shape index (κ2) is 8.06. The standard InChI is InChI=1S/C13H22FNO3/c14-8-4-3-7-11(13(17)18)15-12(16)9-10-5-1-2-6-10/h10-11H,1-9H2,(H,15,16)(H,17,18)/t11-/m0/s1. The van der Waals surface area contributed by atoms with Crippen molar-refractivity contribution in [2.24, 2.45) is 5.92 Å². The molecule has 1 fully saturated rings. The second-order valence-electron chi connectivity index (χ2n) is 5.00. The Balaban J connectivity index is 2.29. The van der Waals surface area contributed by atoms with Gasteiger partial charge in [0.05, 0.1) is 6.67 Å². The molecule has 0 heterocycles. The third-order valence-electron chi connectivity index (χ3n) is 3.46. The molecule has 5 heteroatoms. The quantitative estimate of drug-likeness (QED) is 0.657. The van der Waals surface area contributed by atoms with Crippen LogP contribution in [0.3, 0.4) is 0 Å². The third kappa shape index (κ3) is 5.47. The number of hydrogen-bond donors (Lipinski definition) is 2. The van der Waals surface area contributed by atoms with Crippen LogP contribution < -0.4 is 5.32 Å². The first-order valence-electron chi connectivity index (χ1n) is 6.71. The van der Waals surface area contributed by atoms with Crippen molar-refractivity contribution in [2.45, 2.75) is 57.4 Å². The highest BCUT2D eigenvalue weighted by Crippen LogP contribution is 2.27. The first kappa shape index (κ1) is 14.9. The van der Waals surface area contributed by atoms with Crippen LogP contribution in [0, 0.1) is 5.92 Å². The third-order valence-corrected chi connectivity index (χ3v) is 3.46. The van der Waals surface area contributed by atoms with Crippen molar-refractivity contribution in [2.75, 3.05) is 6.67 Å². The molecule has 0 aromatic heterocycles. The van der Waals surface area contributed by atoms with Gasteiger partial charge in [0.1, 0.15) is 6.04 Å². The van der Waals surface area contributed by atoms with E-state index in [4.69, 9.17) is 5.11 Å². The Labute approximate surface area is 107 Å². The fourth-order valence-electron chi connectivity index (χ4n) is 2.43. The van der Waals surface area contributed by atoms with E-state index in [2.05, 4.69) is 5.32 Å². The summed E-state index contributed by atoms with van der Waals surface area (Å²) in [5.74, 6) is -0.812. The SMILES string of the molecule is O=C(CC1CCCC1)N[C@@H](CCCCF)C(=O)O. The summed E-state index contributed by atoms with van der Waals surface area (Å²) in [6, 6.07) is -0.870. The summed E-state index contributed by atoms with van der Waals surface area (Å²) in [7, 11) is 0. The molecule has 4 nitrogen and oxygen atoms in total. The van der Waals surface area contributed by atoms with Gasteiger partial charge in [0.2, 0.25) is 5.91 Å². The highest BCUT2D eigenvalue weighted by molar-refractivity contribution is 5.83. The van der Waals surface area contributed by atoms with Gasteiger partial charge in [-0.05, 0) is 38.0 Å². The van der Waals surface area contributed by atoms with E-state index in [0.717, 1.165) is 25.7 Å². The first-order chi connectivity index (χ1) is 8.63. The minimum absolute atomic E-state index is 0.186. The molecule has 1 saturated carbocycles. The van der Waals surface area contributed by atoms with Crippen molar-refractivity contribution in [3.8, 4) is 0 Å². The fourth-order valence-corrected chi connectivity index (χ4v) is 2.43. The van der Waals surface area contributed by atoms with Crippen LogP contribution in [0.5, 0.6) is 0 Å². The van der Waals surface area contributed by atoms with Gasteiger partial charge in [-0.1, -0.05) is 12.8 Å². The Morgan fingerprint density at radius 2 is 1.94 bits per heavy atom. The molecule has 104 valence electrons. The molecule has 0 spiro atoms. The van der Waals surface area contributed by atoms with Crippen LogP contribution in [0.25, 0.3) is 0 Å². The normalized spacial score (nSPS) is 17.6. The maximum atomic E-state index is 11.9. The highest BCUT2D eigenvalue weighted by Gasteiger charge is 2.23. The molecular formula is C13H22FNO3. The van der Waals surface area contributed by atoms with Crippen molar-refractivity contribution in [1.29, 1.82) is 0 Å². The minimum Gasteiger partial charge on any atom is -0.480 e. The van der Waals surface area contributed by atoms with Gasteiger partial charge in [0.15, 0.2) is 0 Å². The van der Waals surface area contributed by atoms with Crippen LogP contribution in [-0.4, -0.2) is 29.7 Å². The summed E-state index contributed by atoms with van der Waals surface area (Å²) in [5.41, 5.74) is 0. The second-order valence-corrected chi connectivity index (χ2v) is 5.00. The predicted molar refractivity (Wildman–Crippen MR) is 66.0 cm³/mol. The highest BCUT2D eigenvalue weighted by atomic mass is 19.1. The van der Waals surface area contributed by atoms with Gasteiger partial charge >= 0.3 is 5.97 Å². The Morgan fingerprint density at radius 1 is 1.28 bits per heavy atom. The lowest BCUT2D eigenvalue weighted by atomic mass is 10.0. The van der Waals surface area contributed by atoms with E-state index >= 15 is 0 Å². The van der Waals surface area contributed by atoms with Gasteiger partial charge in [0.25, 0.3) is 0 Å². The van der Waals surface area contributed by atoms with E-state index in [9.17, 15) is 14.0 Å². The van der Waals surface area contributed by atoms with E-state index in [1.54, 1.807) is 0 Å². The number of alkyl halides is 1. The van der Waals surface area contributed by atoms with Gasteiger partial charge in [-0.3, -0.25) is 9.18 Å². The number of carbonyl (C=O) groups is 2. The van der Waals surface area contributed by atoms with Crippen molar-refractivity contribution < 1.29 is 19.1 Å². The van der Waals surface area contributed by atoms with Gasteiger partial charge in [-0.25, -0.2) is 4.79 Å². The molecule has 1 atom stereocenters. The van der Waals surface area contributed by atoms with Crippen molar-refractivity contribution in [3.05, 3.63) is 0 Å². The summed E-state index contributed by atoms with van der Waals surface area (Å²) in [5, 5.41) is 11.5. The molecule has 0 bridgehead atoms. The van der Waals surface area contributed by atoms with Crippen LogP contribution >= 0.6 is 0 Å². The molecule has 1 aliphatic rings.